The van der Waals surface area contributed by atoms with Gasteiger partial charge in [-0.3, -0.25) is 0 Å². The van der Waals surface area contributed by atoms with E-state index in [9.17, 15) is 0 Å². The van der Waals surface area contributed by atoms with Gasteiger partial charge >= 0.3 is 0 Å². The van der Waals surface area contributed by atoms with Gasteiger partial charge in [0.25, 0.3) is 0 Å². The zero-order chi connectivity index (χ0) is 11.2. The first-order chi connectivity index (χ1) is 7.84. The Hall–Kier alpha value is -1.76. The molecule has 0 N–H and O–H groups in total. The monoisotopic (exact) mass is 210 g/mol. The summed E-state index contributed by atoms with van der Waals surface area (Å²) in [4.78, 5) is 0. The second kappa shape index (κ2) is 5.36. The quantitative estimate of drug-likeness (QED) is 0.751. The smallest absolute Gasteiger partial charge is 0.119 e. The van der Waals surface area contributed by atoms with E-state index in [1.54, 1.807) is 0 Å². The summed E-state index contributed by atoms with van der Waals surface area (Å²) < 4.78 is 5.61. The van der Waals surface area contributed by atoms with Gasteiger partial charge in [0.2, 0.25) is 0 Å². The van der Waals surface area contributed by atoms with E-state index in [1.165, 1.54) is 5.56 Å². The van der Waals surface area contributed by atoms with Crippen molar-refractivity contribution in [3.05, 3.63) is 72.6 Å². The molecule has 0 atom stereocenters. The summed E-state index contributed by atoms with van der Waals surface area (Å²) in [7, 11) is 0. The number of benzene rings is 2. The molecule has 0 spiro atoms. The Labute approximate surface area is 96.7 Å². The molecule has 2 aromatic rings. The Balaban J connectivity index is 1.85. The fraction of sp³-hybridized carbons (Fsp3) is 0.133. The van der Waals surface area contributed by atoms with E-state index in [4.69, 9.17) is 11.7 Å². The molecule has 0 unspecified atom stereocenters. The molecule has 0 saturated carbocycles. The van der Waals surface area contributed by atoms with E-state index in [2.05, 4.69) is 12.1 Å². The molecule has 0 heterocycles. The minimum Gasteiger partial charge on any atom is -0.493 e. The fourth-order valence-corrected chi connectivity index (χ4v) is 1.54. The summed E-state index contributed by atoms with van der Waals surface area (Å²) >= 11 is 0. The van der Waals surface area contributed by atoms with Gasteiger partial charge in [0.05, 0.1) is 6.61 Å². The molecule has 0 aliphatic heterocycles. The van der Waals surface area contributed by atoms with Crippen LogP contribution in [0.25, 0.3) is 0 Å². The molecule has 16 heavy (non-hydrogen) atoms. The molecular weight excluding hydrogens is 196 g/mol. The second-order valence-corrected chi connectivity index (χ2v) is 3.66. The van der Waals surface area contributed by atoms with Crippen molar-refractivity contribution < 1.29 is 4.74 Å². The third-order valence-electron chi connectivity index (χ3n) is 2.36. The summed E-state index contributed by atoms with van der Waals surface area (Å²) in [5.74, 6) is 0.830. The Morgan fingerprint density at radius 3 is 2.50 bits per heavy atom. The number of rotatable bonds is 4. The van der Waals surface area contributed by atoms with Crippen LogP contribution in [0, 0.1) is 6.92 Å². The van der Waals surface area contributed by atoms with Crippen molar-refractivity contribution >= 4 is 0 Å². The molecule has 0 bridgehead atoms. The summed E-state index contributed by atoms with van der Waals surface area (Å²) in [6, 6.07) is 17.8. The van der Waals surface area contributed by atoms with Crippen LogP contribution in [0.1, 0.15) is 11.1 Å². The largest absolute Gasteiger partial charge is 0.493 e. The van der Waals surface area contributed by atoms with Crippen LogP contribution in [-0.4, -0.2) is 6.61 Å². The van der Waals surface area contributed by atoms with Crippen LogP contribution in [0.3, 0.4) is 0 Å². The standard InChI is InChI=1S/C15H14O/c1-13-6-5-9-15(12-13)16-11-10-14-7-3-2-4-8-14/h1-9,12H,10-11H2. The van der Waals surface area contributed by atoms with Crippen molar-refractivity contribution in [1.29, 1.82) is 0 Å². The highest BCUT2D eigenvalue weighted by molar-refractivity contribution is 5.30. The maximum Gasteiger partial charge on any atom is 0.119 e. The molecule has 0 fully saturated rings. The van der Waals surface area contributed by atoms with Gasteiger partial charge < -0.3 is 4.74 Å². The molecule has 80 valence electrons. The Bertz CT molecular complexity index is 434. The van der Waals surface area contributed by atoms with Crippen LogP contribution in [0.15, 0.2) is 54.6 Å². The number of hydrogen-bond donors (Lipinski definition) is 0. The van der Waals surface area contributed by atoms with Gasteiger partial charge in [-0.1, -0.05) is 42.5 Å². The molecule has 2 rings (SSSR count). The van der Waals surface area contributed by atoms with Crippen LogP contribution in [0.4, 0.5) is 0 Å². The predicted octanol–water partition coefficient (Wildman–Crippen LogP) is 3.37. The van der Waals surface area contributed by atoms with Crippen molar-refractivity contribution in [3.8, 4) is 5.75 Å². The summed E-state index contributed by atoms with van der Waals surface area (Å²) in [5.41, 5.74) is 2.02. The summed E-state index contributed by atoms with van der Waals surface area (Å²) in [6.45, 7) is 6.34. The Morgan fingerprint density at radius 1 is 0.938 bits per heavy atom. The number of ether oxygens (including phenoxy) is 1. The van der Waals surface area contributed by atoms with E-state index >= 15 is 0 Å². The molecule has 2 aromatic carbocycles. The Kier molecular flexibility index (Phi) is 3.60. The lowest BCUT2D eigenvalue weighted by atomic mass is 10.2. The lowest BCUT2D eigenvalue weighted by Gasteiger charge is -2.06. The molecule has 2 radical (unpaired) electrons. The summed E-state index contributed by atoms with van der Waals surface area (Å²) in [6.07, 6.45) is 0.912. The van der Waals surface area contributed by atoms with E-state index in [0.717, 1.165) is 17.7 Å². The van der Waals surface area contributed by atoms with E-state index in [-0.39, 0.29) is 0 Å². The average molecular weight is 210 g/mol. The van der Waals surface area contributed by atoms with Crippen LogP contribution in [0.2, 0.25) is 0 Å². The van der Waals surface area contributed by atoms with E-state index in [0.29, 0.717) is 6.61 Å². The Morgan fingerprint density at radius 2 is 1.75 bits per heavy atom. The summed E-state index contributed by atoms with van der Waals surface area (Å²) in [5, 5.41) is 0. The second-order valence-electron chi connectivity index (χ2n) is 3.66. The van der Waals surface area contributed by atoms with Gasteiger partial charge in [-0.05, 0) is 30.2 Å². The SMILES string of the molecule is [CH]c1cccc(OCCc2ccccc2)c1. The molecule has 1 nitrogen and oxygen atoms in total. The van der Waals surface area contributed by atoms with Crippen molar-refractivity contribution in [2.24, 2.45) is 0 Å². The molecule has 0 saturated heterocycles. The van der Waals surface area contributed by atoms with E-state index in [1.807, 2.05) is 42.5 Å². The lowest BCUT2D eigenvalue weighted by molar-refractivity contribution is 0.322. The fourth-order valence-electron chi connectivity index (χ4n) is 1.54. The van der Waals surface area contributed by atoms with Crippen LogP contribution < -0.4 is 4.74 Å². The maximum absolute atomic E-state index is 5.66. The van der Waals surface area contributed by atoms with Crippen LogP contribution >= 0.6 is 0 Å². The predicted molar refractivity (Wildman–Crippen MR) is 65.5 cm³/mol. The number of hydrogen-bond acceptors (Lipinski definition) is 1. The minimum absolute atomic E-state index is 0.674. The molecule has 0 aliphatic rings. The third-order valence-corrected chi connectivity index (χ3v) is 2.36. The van der Waals surface area contributed by atoms with Gasteiger partial charge in [-0.25, -0.2) is 0 Å². The first-order valence-electron chi connectivity index (χ1n) is 5.37. The average Bonchev–Trinajstić information content (AvgIpc) is 2.30. The highest BCUT2D eigenvalue weighted by Gasteiger charge is 1.95. The highest BCUT2D eigenvalue weighted by atomic mass is 16.5. The van der Waals surface area contributed by atoms with Crippen LogP contribution in [-0.2, 0) is 6.42 Å². The topological polar surface area (TPSA) is 9.23 Å². The first kappa shape index (κ1) is 10.7. The molecule has 0 aliphatic carbocycles. The van der Waals surface area contributed by atoms with Crippen molar-refractivity contribution in [2.75, 3.05) is 6.61 Å². The zero-order valence-corrected chi connectivity index (χ0v) is 9.10. The van der Waals surface area contributed by atoms with Gasteiger partial charge in [0, 0.05) is 6.42 Å². The molecule has 0 aromatic heterocycles. The maximum atomic E-state index is 5.66. The van der Waals surface area contributed by atoms with Gasteiger partial charge in [-0.2, -0.15) is 0 Å². The molecular formula is C15H14O. The molecule has 1 heteroatoms. The van der Waals surface area contributed by atoms with E-state index < -0.39 is 0 Å². The molecule has 0 amide bonds. The van der Waals surface area contributed by atoms with Gasteiger partial charge in [0.15, 0.2) is 0 Å². The normalized spacial score (nSPS) is 10.1. The van der Waals surface area contributed by atoms with Crippen LogP contribution in [0.5, 0.6) is 5.75 Å². The van der Waals surface area contributed by atoms with Crippen molar-refractivity contribution in [2.45, 2.75) is 6.42 Å². The van der Waals surface area contributed by atoms with Crippen molar-refractivity contribution in [3.63, 3.8) is 0 Å². The lowest BCUT2D eigenvalue weighted by Crippen LogP contribution is -2.01. The van der Waals surface area contributed by atoms with Gasteiger partial charge in [-0.15, -0.1) is 0 Å². The highest BCUT2D eigenvalue weighted by Crippen LogP contribution is 2.12. The van der Waals surface area contributed by atoms with Crippen molar-refractivity contribution in [1.82, 2.24) is 0 Å². The van der Waals surface area contributed by atoms with Gasteiger partial charge in [0.1, 0.15) is 5.75 Å². The zero-order valence-electron chi connectivity index (χ0n) is 9.10. The first-order valence-corrected chi connectivity index (χ1v) is 5.37. The minimum atomic E-state index is 0.674. The third kappa shape index (κ3) is 3.13.